The predicted octanol–water partition coefficient (Wildman–Crippen LogP) is 0.809. The highest BCUT2D eigenvalue weighted by molar-refractivity contribution is 5.89. The Labute approximate surface area is 413 Å². The van der Waals surface area contributed by atoms with Gasteiger partial charge in [0.15, 0.2) is 0 Å². The van der Waals surface area contributed by atoms with E-state index in [0.717, 1.165) is 156 Å². The summed E-state index contributed by atoms with van der Waals surface area (Å²) in [6, 6.07) is 0. The monoisotopic (exact) mass is 979 g/mol. The largest absolute Gasteiger partial charge is 0.481 e. The first-order valence-electron chi connectivity index (χ1n) is 26.5. The van der Waals surface area contributed by atoms with Crippen molar-refractivity contribution < 1.29 is 39.3 Å². The number of aliphatic carboxylic acids is 3. The molecule has 4 unspecified atom stereocenters. The molecule has 398 valence electrons. The Morgan fingerprint density at radius 2 is 0.855 bits per heavy atom. The van der Waals surface area contributed by atoms with E-state index in [1.54, 1.807) is 0 Å². The molecule has 0 radical (unpaired) electrons. The minimum atomic E-state index is -0.812. The SMILES string of the molecule is CCCCCCC1C=CC(CCCCCCCC2=NCCN2CCNCCNCCC(=O)O)C(C(=O)NCCNCCNCCNCCC(=O)O)C1C(=O)NCCNCCNCCNCCC(=O)O. The summed E-state index contributed by atoms with van der Waals surface area (Å²) >= 11 is 0. The van der Waals surface area contributed by atoms with E-state index in [-0.39, 0.29) is 42.9 Å². The molecule has 13 N–H and O–H groups in total. The third-order valence-corrected chi connectivity index (χ3v) is 12.6. The first-order chi connectivity index (χ1) is 33.6. The van der Waals surface area contributed by atoms with Crippen LogP contribution in [0.5, 0.6) is 0 Å². The van der Waals surface area contributed by atoms with Crippen molar-refractivity contribution in [3.8, 4) is 0 Å². The predicted molar refractivity (Wildman–Crippen MR) is 274 cm³/mol. The second kappa shape index (κ2) is 42.0. The fourth-order valence-corrected chi connectivity index (χ4v) is 8.80. The molecule has 2 rings (SSSR count). The first-order valence-corrected chi connectivity index (χ1v) is 26.5. The molecule has 69 heavy (non-hydrogen) atoms. The van der Waals surface area contributed by atoms with Gasteiger partial charge >= 0.3 is 17.9 Å². The first kappa shape index (κ1) is 61.4. The molecule has 0 aromatic rings. The standard InChI is InChI=1S/C49H94N12O8/c1-2-3-4-8-11-40-14-15-41(12-9-6-5-7-10-13-42-58-37-39-61(42)38-36-57-31-24-52-21-18-45(66)67)47(49(69)60-35-33-56-30-28-54-26-23-51-20-17-44(64)65)46(40)48(68)59-34-32-55-29-27-53-25-22-50-19-16-43(62)63/h14-15,40-41,46-47,50-57H,2-13,16-39H2,1H3,(H,59,68)(H,60,69)(H,62,63)(H,64,65)(H,66,67). The molecule has 0 bridgehead atoms. The van der Waals surface area contributed by atoms with Crippen molar-refractivity contribution in [3.63, 3.8) is 0 Å². The lowest BCUT2D eigenvalue weighted by Crippen LogP contribution is -2.51. The number of amides is 2. The number of allylic oxidation sites excluding steroid dienone is 2. The summed E-state index contributed by atoms with van der Waals surface area (Å²) in [5.41, 5.74) is 0. The molecule has 0 fully saturated rings. The van der Waals surface area contributed by atoms with E-state index in [4.69, 9.17) is 20.3 Å². The Hall–Kier alpha value is -3.76. The van der Waals surface area contributed by atoms with Crippen LogP contribution >= 0.6 is 0 Å². The van der Waals surface area contributed by atoms with Crippen LogP contribution in [0.15, 0.2) is 17.1 Å². The van der Waals surface area contributed by atoms with E-state index in [2.05, 4.69) is 77.1 Å². The topological polar surface area (TPSA) is 282 Å². The van der Waals surface area contributed by atoms with Gasteiger partial charge in [-0.3, -0.25) is 29.0 Å². The van der Waals surface area contributed by atoms with Crippen LogP contribution in [0.1, 0.15) is 103 Å². The molecule has 4 atom stereocenters. The Balaban J connectivity index is 1.91. The fraction of sp³-hybridized carbons (Fsp3) is 0.837. The van der Waals surface area contributed by atoms with Crippen molar-refractivity contribution in [1.82, 2.24) is 58.1 Å². The van der Waals surface area contributed by atoms with Crippen molar-refractivity contribution in [2.75, 3.05) is 137 Å². The molecule has 2 aliphatic rings. The molecule has 1 aliphatic heterocycles. The highest BCUT2D eigenvalue weighted by Crippen LogP contribution is 2.40. The summed E-state index contributed by atoms with van der Waals surface area (Å²) < 4.78 is 0. The van der Waals surface area contributed by atoms with Crippen LogP contribution in [0.4, 0.5) is 0 Å². The summed E-state index contributed by atoms with van der Waals surface area (Å²) in [6.07, 6.45) is 17.3. The van der Waals surface area contributed by atoms with Crippen LogP contribution in [0.2, 0.25) is 0 Å². The van der Waals surface area contributed by atoms with E-state index in [0.29, 0.717) is 58.9 Å². The van der Waals surface area contributed by atoms with Gasteiger partial charge in [-0.25, -0.2) is 0 Å². The van der Waals surface area contributed by atoms with Crippen molar-refractivity contribution in [3.05, 3.63) is 12.2 Å². The summed E-state index contributed by atoms with van der Waals surface area (Å²) in [6.45, 7) is 16.6. The lowest BCUT2D eigenvalue weighted by atomic mass is 9.67. The van der Waals surface area contributed by atoms with Crippen LogP contribution in [-0.2, 0) is 24.0 Å². The summed E-state index contributed by atoms with van der Waals surface area (Å²) in [4.78, 5) is 67.8. The number of nitrogens with zero attached hydrogens (tertiary/aromatic N) is 2. The van der Waals surface area contributed by atoms with E-state index in [1.165, 1.54) is 5.84 Å². The number of carboxylic acids is 3. The van der Waals surface area contributed by atoms with Gasteiger partial charge in [-0.05, 0) is 31.1 Å². The maximum Gasteiger partial charge on any atom is 0.304 e. The number of amidine groups is 1. The molecule has 0 saturated heterocycles. The van der Waals surface area contributed by atoms with Crippen LogP contribution in [0.25, 0.3) is 0 Å². The van der Waals surface area contributed by atoms with Crippen molar-refractivity contribution in [2.45, 2.75) is 103 Å². The maximum atomic E-state index is 14.3. The Kier molecular flexibility index (Phi) is 37.3. The minimum Gasteiger partial charge on any atom is -0.481 e. The van der Waals surface area contributed by atoms with Crippen LogP contribution in [0, 0.1) is 23.7 Å². The highest BCUT2D eigenvalue weighted by Gasteiger charge is 2.44. The third-order valence-electron chi connectivity index (χ3n) is 12.6. The molecule has 0 aromatic carbocycles. The Bertz CT molecular complexity index is 1440. The molecular formula is C49H94N12O8. The van der Waals surface area contributed by atoms with Crippen molar-refractivity contribution in [1.29, 1.82) is 0 Å². The number of hydrogen-bond acceptors (Lipinski definition) is 15. The molecule has 1 heterocycles. The molecule has 2 amide bonds. The Morgan fingerprint density at radius 1 is 0.493 bits per heavy atom. The van der Waals surface area contributed by atoms with Crippen molar-refractivity contribution in [2.24, 2.45) is 28.7 Å². The van der Waals surface area contributed by atoms with Gasteiger partial charge in [0.2, 0.25) is 11.8 Å². The second-order valence-corrected chi connectivity index (χ2v) is 18.2. The number of rotatable bonds is 48. The summed E-state index contributed by atoms with van der Waals surface area (Å²) in [5, 5.41) is 59.0. The Morgan fingerprint density at radius 3 is 1.28 bits per heavy atom. The lowest BCUT2D eigenvalue weighted by Gasteiger charge is -2.38. The molecular weight excluding hydrogens is 885 g/mol. The number of carbonyl (C=O) groups is 5. The van der Waals surface area contributed by atoms with Gasteiger partial charge < -0.3 is 73.4 Å². The molecule has 1 aliphatic carbocycles. The summed E-state index contributed by atoms with van der Waals surface area (Å²) in [7, 11) is 0. The van der Waals surface area contributed by atoms with Gasteiger partial charge in [-0.1, -0.05) is 70.4 Å². The van der Waals surface area contributed by atoms with E-state index in [9.17, 15) is 24.0 Å². The van der Waals surface area contributed by atoms with E-state index < -0.39 is 29.7 Å². The minimum absolute atomic E-state index is 0.0146. The quantitative estimate of drug-likeness (QED) is 0.0297. The lowest BCUT2D eigenvalue weighted by molar-refractivity contribution is -0.138. The van der Waals surface area contributed by atoms with Crippen LogP contribution in [0.3, 0.4) is 0 Å². The second-order valence-electron chi connectivity index (χ2n) is 18.2. The number of carbonyl (C=O) groups excluding carboxylic acids is 2. The van der Waals surface area contributed by atoms with Gasteiger partial charge in [0.25, 0.3) is 0 Å². The van der Waals surface area contributed by atoms with Gasteiger partial charge in [-0.2, -0.15) is 0 Å². The average Bonchev–Trinajstić information content (AvgIpc) is 3.77. The zero-order valence-corrected chi connectivity index (χ0v) is 42.2. The van der Waals surface area contributed by atoms with Gasteiger partial charge in [0.05, 0.1) is 43.5 Å². The molecule has 20 heteroatoms. The smallest absolute Gasteiger partial charge is 0.304 e. The fourth-order valence-electron chi connectivity index (χ4n) is 8.80. The molecule has 20 nitrogen and oxygen atoms in total. The number of unbranched alkanes of at least 4 members (excludes halogenated alkanes) is 7. The number of nitrogens with one attached hydrogen (secondary N) is 10. The zero-order chi connectivity index (χ0) is 50.0. The number of carboxylic acid groups (broad SMARTS) is 3. The van der Waals surface area contributed by atoms with E-state index >= 15 is 0 Å². The molecule has 0 aromatic heterocycles. The van der Waals surface area contributed by atoms with Gasteiger partial charge in [0.1, 0.15) is 0 Å². The molecule has 0 spiro atoms. The number of hydrogen-bond donors (Lipinski definition) is 13. The van der Waals surface area contributed by atoms with Crippen LogP contribution < -0.4 is 53.2 Å². The average molecular weight is 979 g/mol. The summed E-state index contributed by atoms with van der Waals surface area (Å²) in [5.74, 6) is -2.29. The van der Waals surface area contributed by atoms with Gasteiger partial charge in [-0.15, -0.1) is 0 Å². The number of aliphatic imine (C=N–C) groups is 1. The molecule has 0 saturated carbocycles. The highest BCUT2D eigenvalue weighted by atomic mass is 16.4. The van der Waals surface area contributed by atoms with E-state index in [1.807, 2.05) is 0 Å². The maximum absolute atomic E-state index is 14.3. The van der Waals surface area contributed by atoms with Crippen molar-refractivity contribution >= 4 is 35.6 Å². The zero-order valence-electron chi connectivity index (χ0n) is 42.2. The van der Waals surface area contributed by atoms with Crippen LogP contribution in [-0.4, -0.2) is 193 Å². The third kappa shape index (κ3) is 32.0. The van der Waals surface area contributed by atoms with Gasteiger partial charge in [0, 0.05) is 137 Å². The normalized spacial score (nSPS) is 17.8.